The van der Waals surface area contributed by atoms with E-state index >= 15 is 0 Å². The number of hydrogen-bond acceptors (Lipinski definition) is 3. The summed E-state index contributed by atoms with van der Waals surface area (Å²) in [6.45, 7) is 11.9. The number of hydrogen-bond donors (Lipinski definition) is 2. The van der Waals surface area contributed by atoms with E-state index in [1.165, 1.54) is 0 Å². The van der Waals surface area contributed by atoms with Crippen LogP contribution in [-0.2, 0) is 4.74 Å². The first-order valence-electron chi connectivity index (χ1n) is 9.50. The fraction of sp³-hybridized carbons (Fsp3) is 0.650. The molecule has 0 spiro atoms. The van der Waals surface area contributed by atoms with E-state index < -0.39 is 0 Å². The summed E-state index contributed by atoms with van der Waals surface area (Å²) >= 11 is 0. The van der Waals surface area contributed by atoms with Crippen molar-refractivity contribution in [3.8, 4) is 0 Å². The quantitative estimate of drug-likeness (QED) is 0.463. The molecule has 5 nitrogen and oxygen atoms in total. The summed E-state index contributed by atoms with van der Waals surface area (Å²) in [5.74, 6) is 0.565. The Morgan fingerprint density at radius 3 is 2.65 bits per heavy atom. The van der Waals surface area contributed by atoms with Crippen LogP contribution >= 0.6 is 0 Å². The lowest BCUT2D eigenvalue weighted by Gasteiger charge is -2.35. The van der Waals surface area contributed by atoms with E-state index in [0.29, 0.717) is 17.8 Å². The summed E-state index contributed by atoms with van der Waals surface area (Å²) in [5.41, 5.74) is 1.57. The molecule has 2 N–H and O–H groups in total. The van der Waals surface area contributed by atoms with Gasteiger partial charge in [0.1, 0.15) is 5.82 Å². The molecule has 0 bridgehead atoms. The van der Waals surface area contributed by atoms with Gasteiger partial charge in [0.2, 0.25) is 0 Å². The monoisotopic (exact) mass is 364 g/mol. The molecule has 0 radical (unpaired) electrons. The standard InChI is InChI=1S/C20H33FN4O/c1-14-7-8-18(11-19(14)21)17(4)24-20(22-5)23-9-6-10-25-12-15(2)26-16(3)13-25/h7-8,11,15-17H,6,9-10,12-13H2,1-5H3,(H2,22,23,24). The Kier molecular flexibility index (Phi) is 7.85. The third kappa shape index (κ3) is 6.25. The Morgan fingerprint density at radius 1 is 1.35 bits per heavy atom. The highest BCUT2D eigenvalue weighted by atomic mass is 19.1. The fourth-order valence-corrected chi connectivity index (χ4v) is 3.34. The molecule has 1 fully saturated rings. The van der Waals surface area contributed by atoms with Gasteiger partial charge in [-0.3, -0.25) is 9.89 Å². The van der Waals surface area contributed by atoms with E-state index in [4.69, 9.17) is 4.74 Å². The second-order valence-electron chi connectivity index (χ2n) is 7.24. The second-order valence-corrected chi connectivity index (χ2v) is 7.24. The topological polar surface area (TPSA) is 48.9 Å². The highest BCUT2D eigenvalue weighted by Crippen LogP contribution is 2.16. The Balaban J connectivity index is 1.74. The molecule has 146 valence electrons. The SMILES string of the molecule is CN=C(NCCCN1CC(C)OC(C)C1)NC(C)c1ccc(C)c(F)c1. The van der Waals surface area contributed by atoms with E-state index in [1.54, 1.807) is 20.0 Å². The third-order valence-electron chi connectivity index (χ3n) is 4.71. The van der Waals surface area contributed by atoms with Crippen molar-refractivity contribution in [2.45, 2.75) is 52.4 Å². The molecular formula is C20H33FN4O. The van der Waals surface area contributed by atoms with E-state index in [1.807, 2.05) is 19.1 Å². The van der Waals surface area contributed by atoms with E-state index in [2.05, 4.69) is 34.4 Å². The molecule has 1 aliphatic rings. The second kappa shape index (κ2) is 9.88. The molecule has 1 aliphatic heterocycles. The maximum absolute atomic E-state index is 13.8. The van der Waals surface area contributed by atoms with Crippen molar-refractivity contribution in [1.82, 2.24) is 15.5 Å². The molecule has 1 saturated heterocycles. The summed E-state index contributed by atoms with van der Waals surface area (Å²) in [4.78, 5) is 6.72. The van der Waals surface area contributed by atoms with Gasteiger partial charge in [0, 0.05) is 33.2 Å². The molecule has 0 amide bonds. The van der Waals surface area contributed by atoms with Crippen molar-refractivity contribution in [3.05, 3.63) is 35.1 Å². The molecular weight excluding hydrogens is 331 g/mol. The van der Waals surface area contributed by atoms with Crippen LogP contribution in [0.3, 0.4) is 0 Å². The van der Waals surface area contributed by atoms with Crippen LogP contribution in [0.1, 0.15) is 44.4 Å². The van der Waals surface area contributed by atoms with Crippen molar-refractivity contribution in [3.63, 3.8) is 0 Å². The number of halogens is 1. The number of rotatable bonds is 6. The lowest BCUT2D eigenvalue weighted by Crippen LogP contribution is -2.46. The van der Waals surface area contributed by atoms with Gasteiger partial charge >= 0.3 is 0 Å². The van der Waals surface area contributed by atoms with Crippen LogP contribution in [0.2, 0.25) is 0 Å². The minimum atomic E-state index is -0.173. The Labute approximate surface area is 157 Å². The third-order valence-corrected chi connectivity index (χ3v) is 4.71. The fourth-order valence-electron chi connectivity index (χ4n) is 3.34. The van der Waals surface area contributed by atoms with Crippen LogP contribution in [0.5, 0.6) is 0 Å². The van der Waals surface area contributed by atoms with E-state index in [0.717, 1.165) is 44.1 Å². The summed E-state index contributed by atoms with van der Waals surface area (Å²) < 4.78 is 19.5. The van der Waals surface area contributed by atoms with Gasteiger partial charge in [-0.15, -0.1) is 0 Å². The highest BCUT2D eigenvalue weighted by molar-refractivity contribution is 5.80. The van der Waals surface area contributed by atoms with Gasteiger partial charge < -0.3 is 15.4 Å². The van der Waals surface area contributed by atoms with Gasteiger partial charge in [-0.1, -0.05) is 12.1 Å². The first-order chi connectivity index (χ1) is 12.4. The van der Waals surface area contributed by atoms with Crippen LogP contribution in [-0.4, -0.2) is 56.3 Å². The predicted octanol–water partition coefficient (Wildman–Crippen LogP) is 2.86. The van der Waals surface area contributed by atoms with Crippen molar-refractivity contribution in [1.29, 1.82) is 0 Å². The van der Waals surface area contributed by atoms with Crippen LogP contribution in [0, 0.1) is 12.7 Å². The van der Waals surface area contributed by atoms with Crippen molar-refractivity contribution in [2.75, 3.05) is 33.2 Å². The molecule has 1 aromatic carbocycles. The van der Waals surface area contributed by atoms with Crippen molar-refractivity contribution >= 4 is 5.96 Å². The first-order valence-corrected chi connectivity index (χ1v) is 9.50. The summed E-state index contributed by atoms with van der Waals surface area (Å²) in [6.07, 6.45) is 1.64. The number of nitrogens with one attached hydrogen (secondary N) is 2. The number of benzene rings is 1. The number of aliphatic imine (C=N–C) groups is 1. The molecule has 6 heteroatoms. The summed E-state index contributed by atoms with van der Waals surface area (Å²) in [5, 5.41) is 6.67. The molecule has 1 heterocycles. The minimum absolute atomic E-state index is 0.0164. The maximum atomic E-state index is 13.8. The molecule has 0 aromatic heterocycles. The Bertz CT molecular complexity index is 597. The molecule has 26 heavy (non-hydrogen) atoms. The number of ether oxygens (including phenoxy) is 1. The Hall–Kier alpha value is -1.66. The average molecular weight is 365 g/mol. The molecule has 3 unspecified atom stereocenters. The predicted molar refractivity (Wildman–Crippen MR) is 105 cm³/mol. The van der Waals surface area contributed by atoms with E-state index in [9.17, 15) is 4.39 Å². The van der Waals surface area contributed by atoms with Crippen molar-refractivity contribution < 1.29 is 9.13 Å². The molecule has 0 saturated carbocycles. The lowest BCUT2D eigenvalue weighted by atomic mass is 10.1. The zero-order valence-electron chi connectivity index (χ0n) is 16.7. The first kappa shape index (κ1) is 20.6. The minimum Gasteiger partial charge on any atom is -0.373 e. The van der Waals surface area contributed by atoms with Crippen LogP contribution < -0.4 is 10.6 Å². The number of aryl methyl sites for hydroxylation is 1. The number of guanidine groups is 1. The maximum Gasteiger partial charge on any atom is 0.191 e. The smallest absolute Gasteiger partial charge is 0.191 e. The van der Waals surface area contributed by atoms with Crippen LogP contribution in [0.15, 0.2) is 23.2 Å². The molecule has 2 rings (SSSR count). The summed E-state index contributed by atoms with van der Waals surface area (Å²) in [7, 11) is 1.75. The van der Waals surface area contributed by atoms with Gasteiger partial charge in [0.25, 0.3) is 0 Å². The van der Waals surface area contributed by atoms with E-state index in [-0.39, 0.29) is 11.9 Å². The largest absolute Gasteiger partial charge is 0.373 e. The zero-order chi connectivity index (χ0) is 19.1. The van der Waals surface area contributed by atoms with Crippen molar-refractivity contribution in [2.24, 2.45) is 4.99 Å². The normalized spacial score (nSPS) is 22.9. The number of morpholine rings is 1. The molecule has 1 aromatic rings. The molecule has 0 aliphatic carbocycles. The van der Waals surface area contributed by atoms with Gasteiger partial charge in [-0.2, -0.15) is 0 Å². The highest BCUT2D eigenvalue weighted by Gasteiger charge is 2.21. The van der Waals surface area contributed by atoms with Crippen LogP contribution in [0.25, 0.3) is 0 Å². The average Bonchev–Trinajstić information content (AvgIpc) is 2.59. The van der Waals surface area contributed by atoms with Gasteiger partial charge in [-0.25, -0.2) is 4.39 Å². The lowest BCUT2D eigenvalue weighted by molar-refractivity contribution is -0.0679. The summed E-state index contributed by atoms with van der Waals surface area (Å²) in [6, 6.07) is 5.33. The Morgan fingerprint density at radius 2 is 2.04 bits per heavy atom. The van der Waals surface area contributed by atoms with Gasteiger partial charge in [-0.05, 0) is 51.3 Å². The number of nitrogens with zero attached hydrogens (tertiary/aromatic N) is 2. The van der Waals surface area contributed by atoms with Gasteiger partial charge in [0.05, 0.1) is 18.2 Å². The molecule has 3 atom stereocenters. The van der Waals surface area contributed by atoms with Gasteiger partial charge in [0.15, 0.2) is 5.96 Å². The zero-order valence-corrected chi connectivity index (χ0v) is 16.7. The van der Waals surface area contributed by atoms with Crippen LogP contribution in [0.4, 0.5) is 4.39 Å².